The third-order valence-corrected chi connectivity index (χ3v) is 5.24. The SMILES string of the molecule is CC.Cn1cc(-n2cc(Br)c3c(=O)n(CC(=O)N4CCC(F)C4)ccc32)cn1. The molecule has 9 heteroatoms. The lowest BCUT2D eigenvalue weighted by Gasteiger charge is -2.16. The van der Waals surface area contributed by atoms with E-state index in [2.05, 4.69) is 21.0 Å². The molecule has 0 spiro atoms. The summed E-state index contributed by atoms with van der Waals surface area (Å²) in [7, 11) is 1.82. The summed E-state index contributed by atoms with van der Waals surface area (Å²) in [4.78, 5) is 26.7. The lowest BCUT2D eigenvalue weighted by atomic mass is 10.3. The molecule has 1 fully saturated rings. The number of carbonyl (C=O) groups excluding carboxylic acids is 1. The van der Waals surface area contributed by atoms with E-state index in [0.29, 0.717) is 22.8 Å². The molecule has 0 bridgehead atoms. The maximum atomic E-state index is 13.3. The number of nitrogens with zero attached hydrogens (tertiary/aromatic N) is 5. The Morgan fingerprint density at radius 1 is 1.36 bits per heavy atom. The highest BCUT2D eigenvalue weighted by Crippen LogP contribution is 2.26. The van der Waals surface area contributed by atoms with Gasteiger partial charge in [0.2, 0.25) is 5.91 Å². The number of halogens is 2. The number of aryl methyl sites for hydroxylation is 1. The molecule has 7 nitrogen and oxygen atoms in total. The van der Waals surface area contributed by atoms with Crippen LogP contribution in [0.5, 0.6) is 0 Å². The van der Waals surface area contributed by atoms with Gasteiger partial charge in [0.15, 0.2) is 0 Å². The van der Waals surface area contributed by atoms with E-state index in [0.717, 1.165) is 11.2 Å². The van der Waals surface area contributed by atoms with Gasteiger partial charge in [0, 0.05) is 36.7 Å². The molecule has 4 rings (SSSR count). The predicted octanol–water partition coefficient (Wildman–Crippen LogP) is 2.88. The topological polar surface area (TPSA) is 65.1 Å². The average molecular weight is 452 g/mol. The predicted molar refractivity (Wildman–Crippen MR) is 109 cm³/mol. The first kappa shape index (κ1) is 20.3. The molecule has 1 unspecified atom stereocenters. The monoisotopic (exact) mass is 451 g/mol. The fraction of sp³-hybridized carbons (Fsp3) is 0.421. The molecule has 0 aliphatic carbocycles. The number of hydrogen-bond donors (Lipinski definition) is 0. The molecule has 4 heterocycles. The van der Waals surface area contributed by atoms with Gasteiger partial charge in [0.25, 0.3) is 5.56 Å². The molecule has 1 amide bonds. The quantitative estimate of drug-likeness (QED) is 0.614. The van der Waals surface area contributed by atoms with Crippen LogP contribution in [0, 0.1) is 0 Å². The van der Waals surface area contributed by atoms with Crippen molar-refractivity contribution >= 4 is 32.7 Å². The van der Waals surface area contributed by atoms with Crippen molar-refractivity contribution in [3.63, 3.8) is 0 Å². The maximum absolute atomic E-state index is 13.3. The first-order valence-corrected chi connectivity index (χ1v) is 10.0. The van der Waals surface area contributed by atoms with Gasteiger partial charge in [-0.25, -0.2) is 4.39 Å². The number of pyridine rings is 1. The number of alkyl halides is 1. The van der Waals surface area contributed by atoms with Crippen LogP contribution in [-0.2, 0) is 18.4 Å². The van der Waals surface area contributed by atoms with E-state index in [1.807, 2.05) is 37.9 Å². The average Bonchev–Trinajstić information content (AvgIpc) is 3.38. The lowest BCUT2D eigenvalue weighted by Crippen LogP contribution is -2.35. The summed E-state index contributed by atoms with van der Waals surface area (Å²) < 4.78 is 18.9. The zero-order valence-electron chi connectivity index (χ0n) is 16.1. The minimum atomic E-state index is -0.971. The number of amides is 1. The maximum Gasteiger partial charge on any atom is 0.261 e. The first-order valence-electron chi connectivity index (χ1n) is 9.25. The third kappa shape index (κ3) is 3.76. The number of hydrogen-bond acceptors (Lipinski definition) is 3. The van der Waals surface area contributed by atoms with Crippen LogP contribution in [0.1, 0.15) is 20.3 Å². The van der Waals surface area contributed by atoms with Gasteiger partial charge in [-0.3, -0.25) is 14.3 Å². The number of likely N-dealkylation sites (tertiary alicyclic amines) is 1. The summed E-state index contributed by atoms with van der Waals surface area (Å²) in [5, 5.41) is 4.65. The molecule has 0 saturated carbocycles. The van der Waals surface area contributed by atoms with Crippen LogP contribution in [0.2, 0.25) is 0 Å². The Balaban J connectivity index is 0.00000109. The summed E-state index contributed by atoms with van der Waals surface area (Å²) in [5.41, 5.74) is 1.30. The molecular weight excluding hydrogens is 429 g/mol. The fourth-order valence-corrected chi connectivity index (χ4v) is 3.88. The Morgan fingerprint density at radius 3 is 2.71 bits per heavy atom. The van der Waals surface area contributed by atoms with E-state index in [1.165, 1.54) is 9.47 Å². The third-order valence-electron chi connectivity index (χ3n) is 4.64. The zero-order chi connectivity index (χ0) is 20.4. The van der Waals surface area contributed by atoms with Gasteiger partial charge in [-0.2, -0.15) is 5.10 Å². The smallest absolute Gasteiger partial charge is 0.261 e. The molecule has 3 aromatic heterocycles. The number of carbonyl (C=O) groups is 1. The Hall–Kier alpha value is -2.42. The minimum absolute atomic E-state index is 0.0913. The van der Waals surface area contributed by atoms with Crippen LogP contribution in [0.3, 0.4) is 0 Å². The van der Waals surface area contributed by atoms with E-state index in [4.69, 9.17) is 0 Å². The van der Waals surface area contributed by atoms with Crippen molar-refractivity contribution in [2.75, 3.05) is 13.1 Å². The Kier molecular flexibility index (Phi) is 6.02. The van der Waals surface area contributed by atoms with Crippen LogP contribution in [0.25, 0.3) is 16.6 Å². The molecule has 1 aliphatic heterocycles. The normalized spacial score (nSPS) is 16.3. The van der Waals surface area contributed by atoms with E-state index in [-0.39, 0.29) is 24.6 Å². The highest BCUT2D eigenvalue weighted by Gasteiger charge is 2.26. The highest BCUT2D eigenvalue weighted by atomic mass is 79.9. The van der Waals surface area contributed by atoms with Crippen LogP contribution in [0.4, 0.5) is 4.39 Å². The number of rotatable bonds is 3. The van der Waals surface area contributed by atoms with Gasteiger partial charge < -0.3 is 14.0 Å². The molecule has 0 aromatic carbocycles. The second-order valence-electron chi connectivity index (χ2n) is 6.45. The van der Waals surface area contributed by atoms with Crippen molar-refractivity contribution in [1.82, 2.24) is 23.8 Å². The van der Waals surface area contributed by atoms with Crippen LogP contribution < -0.4 is 5.56 Å². The van der Waals surface area contributed by atoms with Crippen molar-refractivity contribution in [2.45, 2.75) is 33.0 Å². The highest BCUT2D eigenvalue weighted by molar-refractivity contribution is 9.10. The summed E-state index contributed by atoms with van der Waals surface area (Å²) in [6.45, 7) is 4.42. The van der Waals surface area contributed by atoms with Gasteiger partial charge in [-0.05, 0) is 28.4 Å². The standard InChI is InChI=1S/C17H17BrFN5O2.C2H6/c1-21-8-12(6-20-21)24-9-13(18)16-14(24)3-5-23(17(16)26)10-15(25)22-4-2-11(19)7-22;1-2/h3,5-6,8-9,11H,2,4,7,10H2,1H3;1-2H3. The molecule has 1 aliphatic rings. The summed E-state index contributed by atoms with van der Waals surface area (Å²) in [6.07, 6.45) is 6.36. The Morgan fingerprint density at radius 2 is 2.11 bits per heavy atom. The van der Waals surface area contributed by atoms with Crippen LogP contribution in [0.15, 0.2) is 40.1 Å². The second-order valence-corrected chi connectivity index (χ2v) is 7.31. The van der Waals surface area contributed by atoms with Gasteiger partial charge in [-0.1, -0.05) is 13.8 Å². The largest absolute Gasteiger partial charge is 0.338 e. The van der Waals surface area contributed by atoms with E-state index in [1.54, 1.807) is 23.1 Å². The summed E-state index contributed by atoms with van der Waals surface area (Å²) >= 11 is 3.44. The molecule has 1 saturated heterocycles. The van der Waals surface area contributed by atoms with Crippen molar-refractivity contribution in [2.24, 2.45) is 7.05 Å². The van der Waals surface area contributed by atoms with Crippen LogP contribution in [-0.4, -0.2) is 49.0 Å². The van der Waals surface area contributed by atoms with Crippen molar-refractivity contribution in [1.29, 1.82) is 0 Å². The molecule has 0 N–H and O–H groups in total. The number of fused-ring (bicyclic) bond motifs is 1. The van der Waals surface area contributed by atoms with Crippen molar-refractivity contribution < 1.29 is 9.18 Å². The number of aromatic nitrogens is 4. The van der Waals surface area contributed by atoms with Gasteiger partial charge >= 0.3 is 0 Å². The van der Waals surface area contributed by atoms with E-state index < -0.39 is 6.17 Å². The summed E-state index contributed by atoms with van der Waals surface area (Å²) in [5.74, 6) is -0.241. The van der Waals surface area contributed by atoms with Gasteiger partial charge in [0.1, 0.15) is 12.7 Å². The van der Waals surface area contributed by atoms with Gasteiger partial charge in [-0.15, -0.1) is 0 Å². The molecule has 0 radical (unpaired) electrons. The fourth-order valence-electron chi connectivity index (χ4n) is 3.30. The Bertz CT molecular complexity index is 1050. The zero-order valence-corrected chi connectivity index (χ0v) is 17.7. The second kappa shape index (κ2) is 8.30. The van der Waals surface area contributed by atoms with Gasteiger partial charge in [0.05, 0.1) is 29.3 Å². The Labute approximate surface area is 170 Å². The lowest BCUT2D eigenvalue weighted by molar-refractivity contribution is -0.131. The molecule has 28 heavy (non-hydrogen) atoms. The molecule has 3 aromatic rings. The minimum Gasteiger partial charge on any atom is -0.338 e. The van der Waals surface area contributed by atoms with Crippen LogP contribution >= 0.6 is 15.9 Å². The first-order chi connectivity index (χ1) is 13.4. The molecule has 1 atom stereocenters. The molecule has 150 valence electrons. The summed E-state index contributed by atoms with van der Waals surface area (Å²) in [6, 6.07) is 1.80. The van der Waals surface area contributed by atoms with Crippen molar-refractivity contribution in [3.8, 4) is 5.69 Å². The van der Waals surface area contributed by atoms with E-state index in [9.17, 15) is 14.0 Å². The van der Waals surface area contributed by atoms with Crippen molar-refractivity contribution in [3.05, 3.63) is 45.7 Å². The van der Waals surface area contributed by atoms with E-state index >= 15 is 0 Å². The molecular formula is C19H23BrFN5O2.